The van der Waals surface area contributed by atoms with E-state index in [-0.39, 0.29) is 11.9 Å². The molecule has 1 unspecified atom stereocenters. The maximum Gasteiger partial charge on any atom is 0.126 e. The van der Waals surface area contributed by atoms with Crippen LogP contribution in [0.25, 0.3) is 0 Å². The lowest BCUT2D eigenvalue weighted by Crippen LogP contribution is -2.42. The summed E-state index contributed by atoms with van der Waals surface area (Å²) in [6, 6.07) is 5.10. The topological polar surface area (TPSA) is 61.7 Å². The highest BCUT2D eigenvalue weighted by atomic mass is 19.1. The van der Waals surface area contributed by atoms with Crippen molar-refractivity contribution >= 4 is 0 Å². The van der Waals surface area contributed by atoms with Gasteiger partial charge in [-0.3, -0.25) is 0 Å². The molecule has 0 aliphatic carbocycles. The Hall–Kier alpha value is -1.01. The van der Waals surface area contributed by atoms with E-state index in [4.69, 9.17) is 4.74 Å². The third-order valence-electron chi connectivity index (χ3n) is 4.39. The van der Waals surface area contributed by atoms with Crippen LogP contribution in [0.5, 0.6) is 0 Å². The van der Waals surface area contributed by atoms with Crippen LogP contribution in [0.2, 0.25) is 0 Å². The van der Waals surface area contributed by atoms with E-state index in [1.165, 1.54) is 6.07 Å². The molecule has 0 amide bonds. The molecule has 1 aromatic rings. The molecule has 4 nitrogen and oxygen atoms in total. The van der Waals surface area contributed by atoms with E-state index in [1.54, 1.807) is 13.0 Å². The molecule has 5 heteroatoms. The fraction of sp³-hybridized carbons (Fsp3) is 0.647. The summed E-state index contributed by atoms with van der Waals surface area (Å²) in [7, 11) is 0. The van der Waals surface area contributed by atoms with Crippen LogP contribution >= 0.6 is 0 Å². The number of aliphatic hydroxyl groups excluding tert-OH is 1. The second-order valence-corrected chi connectivity index (χ2v) is 6.33. The van der Waals surface area contributed by atoms with Crippen molar-refractivity contribution < 1.29 is 19.3 Å². The molecule has 1 aliphatic rings. The van der Waals surface area contributed by atoms with Crippen molar-refractivity contribution in [3.63, 3.8) is 0 Å². The van der Waals surface area contributed by atoms with Gasteiger partial charge in [-0.2, -0.15) is 0 Å². The zero-order valence-electron chi connectivity index (χ0n) is 13.3. The van der Waals surface area contributed by atoms with E-state index in [2.05, 4.69) is 5.32 Å². The third kappa shape index (κ3) is 4.74. The molecule has 1 fully saturated rings. The molecule has 1 saturated heterocycles. The SMILES string of the molecule is Cc1ccc([C@@H](C)NCC(O)CC2(O)CCOCC2)cc1F. The molecular weight excluding hydrogens is 285 g/mol. The summed E-state index contributed by atoms with van der Waals surface area (Å²) in [4.78, 5) is 0. The van der Waals surface area contributed by atoms with Crippen LogP contribution in [0.1, 0.15) is 43.4 Å². The summed E-state index contributed by atoms with van der Waals surface area (Å²) in [6.45, 7) is 5.10. The van der Waals surface area contributed by atoms with E-state index in [1.807, 2.05) is 13.0 Å². The van der Waals surface area contributed by atoms with Gasteiger partial charge in [-0.05, 0) is 43.9 Å². The van der Waals surface area contributed by atoms with Gasteiger partial charge in [-0.25, -0.2) is 4.39 Å². The number of rotatable bonds is 6. The van der Waals surface area contributed by atoms with Gasteiger partial charge < -0.3 is 20.3 Å². The van der Waals surface area contributed by atoms with Gasteiger partial charge in [-0.1, -0.05) is 12.1 Å². The minimum Gasteiger partial charge on any atom is -0.392 e. The van der Waals surface area contributed by atoms with Crippen molar-refractivity contribution in [3.05, 3.63) is 35.1 Å². The Balaban J connectivity index is 1.82. The second-order valence-electron chi connectivity index (χ2n) is 6.33. The highest BCUT2D eigenvalue weighted by Crippen LogP contribution is 2.25. The van der Waals surface area contributed by atoms with Crippen LogP contribution in [-0.4, -0.2) is 41.7 Å². The van der Waals surface area contributed by atoms with Gasteiger partial charge in [0.2, 0.25) is 0 Å². The molecule has 124 valence electrons. The summed E-state index contributed by atoms with van der Waals surface area (Å²) >= 11 is 0. The number of hydrogen-bond donors (Lipinski definition) is 3. The highest BCUT2D eigenvalue weighted by Gasteiger charge is 2.32. The van der Waals surface area contributed by atoms with Crippen molar-refractivity contribution in [1.29, 1.82) is 0 Å². The summed E-state index contributed by atoms with van der Waals surface area (Å²) in [6.07, 6.45) is 0.810. The lowest BCUT2D eigenvalue weighted by molar-refractivity contribution is -0.0862. The van der Waals surface area contributed by atoms with Crippen LogP contribution in [0, 0.1) is 12.7 Å². The van der Waals surface area contributed by atoms with Gasteiger partial charge >= 0.3 is 0 Å². The third-order valence-corrected chi connectivity index (χ3v) is 4.39. The van der Waals surface area contributed by atoms with Crippen LogP contribution < -0.4 is 5.32 Å². The van der Waals surface area contributed by atoms with Crippen molar-refractivity contribution in [1.82, 2.24) is 5.32 Å². The van der Waals surface area contributed by atoms with Crippen LogP contribution in [0.15, 0.2) is 18.2 Å². The Morgan fingerprint density at radius 3 is 2.68 bits per heavy atom. The number of hydrogen-bond acceptors (Lipinski definition) is 4. The Morgan fingerprint density at radius 2 is 2.05 bits per heavy atom. The molecule has 0 saturated carbocycles. The fourth-order valence-corrected chi connectivity index (χ4v) is 2.78. The zero-order valence-corrected chi connectivity index (χ0v) is 13.3. The largest absolute Gasteiger partial charge is 0.392 e. The predicted octanol–water partition coefficient (Wildman–Crippen LogP) is 2.08. The van der Waals surface area contributed by atoms with E-state index in [9.17, 15) is 14.6 Å². The van der Waals surface area contributed by atoms with E-state index in [0.29, 0.717) is 44.6 Å². The van der Waals surface area contributed by atoms with Gasteiger partial charge in [0.25, 0.3) is 0 Å². The quantitative estimate of drug-likeness (QED) is 0.753. The molecule has 2 rings (SSSR count). The molecule has 1 aromatic carbocycles. The molecule has 22 heavy (non-hydrogen) atoms. The first-order valence-electron chi connectivity index (χ1n) is 7.87. The van der Waals surface area contributed by atoms with E-state index >= 15 is 0 Å². The van der Waals surface area contributed by atoms with E-state index < -0.39 is 11.7 Å². The summed E-state index contributed by atoms with van der Waals surface area (Å²) < 4.78 is 18.8. The van der Waals surface area contributed by atoms with Gasteiger partial charge in [0.1, 0.15) is 5.82 Å². The van der Waals surface area contributed by atoms with Gasteiger partial charge in [-0.15, -0.1) is 0 Å². The number of ether oxygens (including phenoxy) is 1. The average Bonchev–Trinajstić information content (AvgIpc) is 2.48. The Morgan fingerprint density at radius 1 is 1.36 bits per heavy atom. The summed E-state index contributed by atoms with van der Waals surface area (Å²) in [5.41, 5.74) is 0.635. The van der Waals surface area contributed by atoms with Gasteiger partial charge in [0, 0.05) is 32.2 Å². The number of aliphatic hydroxyl groups is 2. The number of halogens is 1. The molecule has 2 atom stereocenters. The normalized spacial score (nSPS) is 20.6. The van der Waals surface area contributed by atoms with Crippen LogP contribution in [-0.2, 0) is 4.74 Å². The zero-order chi connectivity index (χ0) is 16.2. The monoisotopic (exact) mass is 311 g/mol. The summed E-state index contributed by atoms with van der Waals surface area (Å²) in [5.74, 6) is -0.219. The minimum absolute atomic E-state index is 0.0610. The predicted molar refractivity (Wildman–Crippen MR) is 83.2 cm³/mol. The molecule has 0 bridgehead atoms. The molecular formula is C17H26FNO3. The number of benzene rings is 1. The Kier molecular flexibility index (Phi) is 5.92. The van der Waals surface area contributed by atoms with Crippen molar-refractivity contribution in [2.24, 2.45) is 0 Å². The maximum absolute atomic E-state index is 13.6. The van der Waals surface area contributed by atoms with Crippen molar-refractivity contribution in [3.8, 4) is 0 Å². The first-order chi connectivity index (χ1) is 10.4. The maximum atomic E-state index is 13.6. The molecule has 0 spiro atoms. The smallest absolute Gasteiger partial charge is 0.126 e. The molecule has 0 radical (unpaired) electrons. The second kappa shape index (κ2) is 7.51. The first-order valence-corrected chi connectivity index (χ1v) is 7.87. The Bertz CT molecular complexity index is 489. The highest BCUT2D eigenvalue weighted by molar-refractivity contribution is 5.25. The average molecular weight is 311 g/mol. The van der Waals surface area contributed by atoms with Crippen LogP contribution in [0.4, 0.5) is 4.39 Å². The van der Waals surface area contributed by atoms with Crippen molar-refractivity contribution in [2.45, 2.75) is 50.9 Å². The lowest BCUT2D eigenvalue weighted by Gasteiger charge is -2.34. The number of nitrogens with one attached hydrogen (secondary N) is 1. The number of aryl methyl sites for hydroxylation is 1. The molecule has 1 heterocycles. The van der Waals surface area contributed by atoms with Crippen molar-refractivity contribution in [2.75, 3.05) is 19.8 Å². The lowest BCUT2D eigenvalue weighted by atomic mass is 9.88. The molecule has 1 aliphatic heterocycles. The molecule has 0 aromatic heterocycles. The summed E-state index contributed by atoms with van der Waals surface area (Å²) in [5, 5.41) is 23.7. The van der Waals surface area contributed by atoms with Gasteiger partial charge in [0.15, 0.2) is 0 Å². The van der Waals surface area contributed by atoms with Gasteiger partial charge in [0.05, 0.1) is 11.7 Å². The first kappa shape index (κ1) is 17.3. The Labute approximate surface area is 131 Å². The fourth-order valence-electron chi connectivity index (χ4n) is 2.78. The van der Waals surface area contributed by atoms with E-state index in [0.717, 1.165) is 5.56 Å². The minimum atomic E-state index is -0.835. The molecule has 3 N–H and O–H groups in total. The standard InChI is InChI=1S/C17H26FNO3/c1-12-3-4-14(9-16(12)18)13(2)19-11-15(20)10-17(21)5-7-22-8-6-17/h3-4,9,13,15,19-21H,5-8,10-11H2,1-2H3/t13-,15?/m1/s1. The van der Waals surface area contributed by atoms with Crippen LogP contribution in [0.3, 0.4) is 0 Å².